The molecule has 0 bridgehead atoms. The molecule has 0 spiro atoms. The van der Waals surface area contributed by atoms with Crippen molar-refractivity contribution in [3.8, 4) is 5.06 Å². The highest BCUT2D eigenvalue weighted by Crippen LogP contribution is 2.38. The van der Waals surface area contributed by atoms with E-state index in [-0.39, 0.29) is 6.10 Å². The maximum Gasteiger partial charge on any atom is 0.425 e. The van der Waals surface area contributed by atoms with Crippen LogP contribution in [0.4, 0.5) is 13.2 Å². The Bertz CT molecular complexity index is 344. The molecule has 1 aromatic rings. The van der Waals surface area contributed by atoms with Crippen LogP contribution in [-0.4, -0.2) is 19.2 Å². The number of thiophene rings is 1. The summed E-state index contributed by atoms with van der Waals surface area (Å²) in [6.07, 6.45) is -2.53. The van der Waals surface area contributed by atoms with Gasteiger partial charge in [-0.2, -0.15) is 13.2 Å². The van der Waals surface area contributed by atoms with Crippen LogP contribution in [0.25, 0.3) is 0 Å². The molecule has 1 fully saturated rings. The van der Waals surface area contributed by atoms with Gasteiger partial charge in [0.15, 0.2) is 5.06 Å². The van der Waals surface area contributed by atoms with Crippen LogP contribution in [0, 0.1) is 0 Å². The number of alkyl halides is 3. The summed E-state index contributed by atoms with van der Waals surface area (Å²) in [5.41, 5.74) is 0. The van der Waals surface area contributed by atoms with Crippen LogP contribution in [0.15, 0.2) is 12.1 Å². The maximum atomic E-state index is 12.3. The highest BCUT2D eigenvalue weighted by atomic mass is 32.1. The molecule has 16 heavy (non-hydrogen) atoms. The Morgan fingerprint density at radius 3 is 2.50 bits per heavy atom. The van der Waals surface area contributed by atoms with Crippen molar-refractivity contribution in [3.05, 3.63) is 17.0 Å². The SMILES string of the molecule is FC(F)(F)c1ccc(OC2CCNCC2)s1. The molecule has 0 atom stereocenters. The number of hydrogen-bond acceptors (Lipinski definition) is 3. The molecule has 1 saturated heterocycles. The Morgan fingerprint density at radius 2 is 1.94 bits per heavy atom. The lowest BCUT2D eigenvalue weighted by atomic mass is 10.1. The minimum Gasteiger partial charge on any atom is -0.481 e. The van der Waals surface area contributed by atoms with E-state index in [1.807, 2.05) is 0 Å². The largest absolute Gasteiger partial charge is 0.481 e. The van der Waals surface area contributed by atoms with Crippen LogP contribution >= 0.6 is 11.3 Å². The van der Waals surface area contributed by atoms with Crippen molar-refractivity contribution in [1.29, 1.82) is 0 Å². The minimum atomic E-state index is -4.26. The summed E-state index contributed by atoms with van der Waals surface area (Å²) in [6, 6.07) is 2.47. The topological polar surface area (TPSA) is 21.3 Å². The van der Waals surface area contributed by atoms with Crippen molar-refractivity contribution < 1.29 is 17.9 Å². The first kappa shape index (κ1) is 11.7. The zero-order valence-electron chi connectivity index (χ0n) is 8.51. The third-order valence-electron chi connectivity index (χ3n) is 2.43. The molecular weight excluding hydrogens is 239 g/mol. The van der Waals surface area contributed by atoms with E-state index in [1.54, 1.807) is 0 Å². The highest BCUT2D eigenvalue weighted by molar-refractivity contribution is 7.13. The summed E-state index contributed by atoms with van der Waals surface area (Å²) >= 11 is 0.666. The van der Waals surface area contributed by atoms with E-state index in [2.05, 4.69) is 5.32 Å². The standard InChI is InChI=1S/C10H12F3NOS/c11-10(12,13)8-1-2-9(16-8)15-7-3-5-14-6-4-7/h1-2,7,14H,3-6H2. The molecule has 0 amide bonds. The number of hydrogen-bond donors (Lipinski definition) is 1. The van der Waals surface area contributed by atoms with Gasteiger partial charge in [-0.05, 0) is 38.1 Å². The maximum absolute atomic E-state index is 12.3. The van der Waals surface area contributed by atoms with Gasteiger partial charge in [0.25, 0.3) is 0 Å². The van der Waals surface area contributed by atoms with Gasteiger partial charge in [-0.3, -0.25) is 0 Å². The average Bonchev–Trinajstić information content (AvgIpc) is 2.67. The number of nitrogens with one attached hydrogen (secondary N) is 1. The molecular formula is C10H12F3NOS. The van der Waals surface area contributed by atoms with Crippen molar-refractivity contribution in [2.45, 2.75) is 25.1 Å². The molecule has 2 rings (SSSR count). The number of rotatable bonds is 2. The molecule has 0 aromatic carbocycles. The van der Waals surface area contributed by atoms with Gasteiger partial charge < -0.3 is 10.1 Å². The van der Waals surface area contributed by atoms with Crippen LogP contribution < -0.4 is 10.1 Å². The third kappa shape index (κ3) is 2.89. The first-order valence-electron chi connectivity index (χ1n) is 5.10. The Labute approximate surface area is 95.4 Å². The monoisotopic (exact) mass is 251 g/mol. The summed E-state index contributed by atoms with van der Waals surface area (Å²) in [4.78, 5) is -0.601. The first-order chi connectivity index (χ1) is 7.55. The number of piperidine rings is 1. The van der Waals surface area contributed by atoms with Gasteiger partial charge in [0.2, 0.25) is 0 Å². The molecule has 0 radical (unpaired) electrons. The molecule has 6 heteroatoms. The van der Waals surface area contributed by atoms with E-state index in [1.165, 1.54) is 6.07 Å². The Balaban J connectivity index is 1.97. The second kappa shape index (κ2) is 4.63. The minimum absolute atomic E-state index is 0.0426. The van der Waals surface area contributed by atoms with Gasteiger partial charge in [0.1, 0.15) is 11.0 Å². The van der Waals surface area contributed by atoms with E-state index in [0.29, 0.717) is 16.4 Å². The van der Waals surface area contributed by atoms with Crippen LogP contribution in [0.1, 0.15) is 17.7 Å². The predicted octanol–water partition coefficient (Wildman–Crippen LogP) is 2.90. The third-order valence-corrected chi connectivity index (χ3v) is 3.45. The summed E-state index contributed by atoms with van der Waals surface area (Å²) < 4.78 is 42.5. The Hall–Kier alpha value is -0.750. The van der Waals surface area contributed by atoms with E-state index < -0.39 is 11.1 Å². The lowest BCUT2D eigenvalue weighted by Crippen LogP contribution is -2.33. The number of halogens is 3. The smallest absolute Gasteiger partial charge is 0.425 e. The molecule has 2 nitrogen and oxygen atoms in total. The Kier molecular flexibility index (Phi) is 3.39. The van der Waals surface area contributed by atoms with Crippen molar-refractivity contribution in [3.63, 3.8) is 0 Å². The Morgan fingerprint density at radius 1 is 1.25 bits per heavy atom. The molecule has 90 valence electrons. The van der Waals surface area contributed by atoms with Crippen LogP contribution in [-0.2, 0) is 6.18 Å². The first-order valence-corrected chi connectivity index (χ1v) is 5.92. The zero-order chi connectivity index (χ0) is 11.6. The summed E-state index contributed by atoms with van der Waals surface area (Å²) in [6.45, 7) is 1.73. The second-order valence-corrected chi connectivity index (χ2v) is 4.73. The molecule has 0 saturated carbocycles. The van der Waals surface area contributed by atoms with E-state index in [4.69, 9.17) is 4.74 Å². The van der Waals surface area contributed by atoms with Crippen LogP contribution in [0.3, 0.4) is 0 Å². The molecule has 1 aliphatic rings. The van der Waals surface area contributed by atoms with Gasteiger partial charge in [-0.25, -0.2) is 0 Å². The van der Waals surface area contributed by atoms with Gasteiger partial charge in [-0.15, -0.1) is 0 Å². The van der Waals surface area contributed by atoms with Crippen molar-refractivity contribution >= 4 is 11.3 Å². The van der Waals surface area contributed by atoms with E-state index in [9.17, 15) is 13.2 Å². The fourth-order valence-electron chi connectivity index (χ4n) is 1.61. The van der Waals surface area contributed by atoms with Gasteiger partial charge in [0.05, 0.1) is 0 Å². The molecule has 2 heterocycles. The number of ether oxygens (including phenoxy) is 1. The fraction of sp³-hybridized carbons (Fsp3) is 0.600. The lowest BCUT2D eigenvalue weighted by molar-refractivity contribution is -0.134. The predicted molar refractivity (Wildman–Crippen MR) is 55.8 cm³/mol. The summed E-state index contributed by atoms with van der Waals surface area (Å²) in [7, 11) is 0. The highest BCUT2D eigenvalue weighted by Gasteiger charge is 2.33. The van der Waals surface area contributed by atoms with Crippen molar-refractivity contribution in [2.75, 3.05) is 13.1 Å². The second-order valence-electron chi connectivity index (χ2n) is 3.68. The zero-order valence-corrected chi connectivity index (χ0v) is 9.33. The van der Waals surface area contributed by atoms with E-state index >= 15 is 0 Å². The average molecular weight is 251 g/mol. The van der Waals surface area contributed by atoms with Crippen LogP contribution in [0.5, 0.6) is 5.06 Å². The summed E-state index contributed by atoms with van der Waals surface area (Å²) in [5.74, 6) is 0. The molecule has 1 aromatic heterocycles. The lowest BCUT2D eigenvalue weighted by Gasteiger charge is -2.22. The molecule has 0 aliphatic carbocycles. The summed E-state index contributed by atoms with van der Waals surface area (Å²) in [5, 5.41) is 3.53. The van der Waals surface area contributed by atoms with Gasteiger partial charge in [0, 0.05) is 0 Å². The van der Waals surface area contributed by atoms with Gasteiger partial charge >= 0.3 is 6.18 Å². The molecule has 1 N–H and O–H groups in total. The molecule has 1 aliphatic heterocycles. The molecule has 0 unspecified atom stereocenters. The van der Waals surface area contributed by atoms with Crippen LogP contribution in [0.2, 0.25) is 0 Å². The van der Waals surface area contributed by atoms with E-state index in [0.717, 1.165) is 32.0 Å². The van der Waals surface area contributed by atoms with Crippen molar-refractivity contribution in [1.82, 2.24) is 5.32 Å². The van der Waals surface area contributed by atoms with Gasteiger partial charge in [-0.1, -0.05) is 11.3 Å². The normalized spacial score (nSPS) is 18.7. The quantitative estimate of drug-likeness (QED) is 0.872. The fourth-order valence-corrected chi connectivity index (χ4v) is 2.40. The van der Waals surface area contributed by atoms with Crippen molar-refractivity contribution in [2.24, 2.45) is 0 Å².